The van der Waals surface area contributed by atoms with Crippen molar-refractivity contribution in [2.75, 3.05) is 7.11 Å². The SMILES string of the molecule is COC(=O)C[C@H](NC(=O)C[C@@H]1CCC[C@H]1N)c1ccc(Cl)cc1.Cl. The first kappa shape index (κ1) is 20.7. The number of esters is 1. The van der Waals surface area contributed by atoms with Gasteiger partial charge in [-0.15, -0.1) is 12.4 Å². The molecule has 3 atom stereocenters. The number of halogens is 2. The van der Waals surface area contributed by atoms with Crippen molar-refractivity contribution in [3.8, 4) is 0 Å². The third kappa shape index (κ3) is 5.96. The minimum atomic E-state index is -0.426. The molecule has 1 aromatic rings. The minimum absolute atomic E-state index is 0. The number of hydrogen-bond donors (Lipinski definition) is 2. The van der Waals surface area contributed by atoms with Gasteiger partial charge in [0.05, 0.1) is 19.6 Å². The predicted molar refractivity (Wildman–Crippen MR) is 96.2 cm³/mol. The number of rotatable bonds is 6. The zero-order chi connectivity index (χ0) is 16.8. The smallest absolute Gasteiger partial charge is 0.307 e. The van der Waals surface area contributed by atoms with Crippen LogP contribution in [-0.2, 0) is 14.3 Å². The Labute approximate surface area is 153 Å². The van der Waals surface area contributed by atoms with E-state index in [1.807, 2.05) is 0 Å². The first-order valence-corrected chi connectivity index (χ1v) is 8.24. The van der Waals surface area contributed by atoms with E-state index in [1.54, 1.807) is 24.3 Å². The van der Waals surface area contributed by atoms with Crippen molar-refractivity contribution in [2.45, 2.75) is 44.2 Å². The second-order valence-corrected chi connectivity index (χ2v) is 6.45. The number of methoxy groups -OCH3 is 1. The number of amides is 1. The molecule has 0 aromatic heterocycles. The molecule has 1 saturated carbocycles. The third-order valence-corrected chi connectivity index (χ3v) is 4.62. The maximum absolute atomic E-state index is 12.3. The second-order valence-electron chi connectivity index (χ2n) is 6.01. The van der Waals surface area contributed by atoms with Gasteiger partial charge in [-0.25, -0.2) is 0 Å². The van der Waals surface area contributed by atoms with Crippen LogP contribution < -0.4 is 11.1 Å². The molecule has 0 spiro atoms. The number of nitrogens with one attached hydrogen (secondary N) is 1. The summed E-state index contributed by atoms with van der Waals surface area (Å²) in [4.78, 5) is 23.9. The Kier molecular flexibility index (Phi) is 8.53. The van der Waals surface area contributed by atoms with Crippen LogP contribution in [0.1, 0.15) is 43.7 Å². The van der Waals surface area contributed by atoms with Crippen molar-refractivity contribution < 1.29 is 14.3 Å². The molecule has 0 saturated heterocycles. The fraction of sp³-hybridized carbons (Fsp3) is 0.529. The van der Waals surface area contributed by atoms with Crippen LogP contribution in [0.2, 0.25) is 5.02 Å². The van der Waals surface area contributed by atoms with Crippen LogP contribution in [0, 0.1) is 5.92 Å². The molecule has 3 N–H and O–H groups in total. The lowest BCUT2D eigenvalue weighted by Gasteiger charge is -2.21. The summed E-state index contributed by atoms with van der Waals surface area (Å²) in [5.41, 5.74) is 6.84. The van der Waals surface area contributed by atoms with Crippen molar-refractivity contribution in [2.24, 2.45) is 11.7 Å². The van der Waals surface area contributed by atoms with E-state index >= 15 is 0 Å². The monoisotopic (exact) mass is 374 g/mol. The van der Waals surface area contributed by atoms with E-state index < -0.39 is 6.04 Å². The van der Waals surface area contributed by atoms with Gasteiger partial charge in [-0.05, 0) is 36.5 Å². The molecule has 1 fully saturated rings. The lowest BCUT2D eigenvalue weighted by atomic mass is 9.98. The summed E-state index contributed by atoms with van der Waals surface area (Å²) in [6, 6.07) is 6.75. The largest absolute Gasteiger partial charge is 0.469 e. The van der Waals surface area contributed by atoms with Gasteiger partial charge in [0.2, 0.25) is 5.91 Å². The van der Waals surface area contributed by atoms with E-state index in [1.165, 1.54) is 7.11 Å². The van der Waals surface area contributed by atoms with Gasteiger partial charge in [0.1, 0.15) is 0 Å². The van der Waals surface area contributed by atoms with Gasteiger partial charge in [-0.1, -0.05) is 30.2 Å². The number of hydrogen-bond acceptors (Lipinski definition) is 4. The maximum atomic E-state index is 12.3. The quantitative estimate of drug-likeness (QED) is 0.749. The average Bonchev–Trinajstić information content (AvgIpc) is 2.92. The zero-order valence-corrected chi connectivity index (χ0v) is 15.2. The molecule has 0 bridgehead atoms. The molecule has 7 heteroatoms. The lowest BCUT2D eigenvalue weighted by molar-refractivity contribution is -0.141. The topological polar surface area (TPSA) is 81.4 Å². The summed E-state index contributed by atoms with van der Waals surface area (Å²) in [5.74, 6) is -0.238. The Balaban J connectivity index is 0.00000288. The molecular weight excluding hydrogens is 351 g/mol. The summed E-state index contributed by atoms with van der Waals surface area (Å²) in [6.45, 7) is 0. The Hall–Kier alpha value is -1.30. The Morgan fingerprint density at radius 3 is 2.54 bits per heavy atom. The second kappa shape index (κ2) is 9.87. The number of carbonyl (C=O) groups excluding carboxylic acids is 2. The third-order valence-electron chi connectivity index (χ3n) is 4.37. The minimum Gasteiger partial charge on any atom is -0.469 e. The standard InChI is InChI=1S/C17H23ClN2O3.ClH/c1-23-17(22)10-15(11-5-7-13(18)8-6-11)20-16(21)9-12-3-2-4-14(12)19;/h5-8,12,14-15H,2-4,9-10,19H2,1H3,(H,20,21);1H/t12-,14+,15-;/m0./s1. The van der Waals surface area contributed by atoms with E-state index in [-0.39, 0.29) is 42.7 Å². The summed E-state index contributed by atoms with van der Waals surface area (Å²) in [6.07, 6.45) is 3.51. The highest BCUT2D eigenvalue weighted by molar-refractivity contribution is 6.30. The van der Waals surface area contributed by atoms with Crippen LogP contribution in [0.4, 0.5) is 0 Å². The summed E-state index contributed by atoms with van der Waals surface area (Å²) >= 11 is 5.89. The highest BCUT2D eigenvalue weighted by atomic mass is 35.5. The highest BCUT2D eigenvalue weighted by Crippen LogP contribution is 2.27. The van der Waals surface area contributed by atoms with E-state index in [2.05, 4.69) is 5.32 Å². The number of carbonyl (C=O) groups is 2. The predicted octanol–water partition coefficient (Wildman–Crippen LogP) is 3.00. The summed E-state index contributed by atoms with van der Waals surface area (Å²) < 4.78 is 4.72. The molecule has 0 radical (unpaired) electrons. The van der Waals surface area contributed by atoms with E-state index in [0.29, 0.717) is 11.4 Å². The van der Waals surface area contributed by atoms with Crippen molar-refractivity contribution in [1.82, 2.24) is 5.32 Å². The van der Waals surface area contributed by atoms with Crippen LogP contribution in [0.3, 0.4) is 0 Å². The normalized spacial score (nSPS) is 20.8. The molecule has 1 aliphatic carbocycles. The molecule has 0 aliphatic heterocycles. The molecule has 1 aromatic carbocycles. The van der Waals surface area contributed by atoms with Crippen LogP contribution in [0.5, 0.6) is 0 Å². The summed E-state index contributed by atoms with van der Waals surface area (Å²) in [7, 11) is 1.33. The molecule has 24 heavy (non-hydrogen) atoms. The first-order valence-electron chi connectivity index (χ1n) is 7.87. The Morgan fingerprint density at radius 1 is 1.33 bits per heavy atom. The van der Waals surface area contributed by atoms with E-state index in [9.17, 15) is 9.59 Å². The van der Waals surface area contributed by atoms with Crippen molar-refractivity contribution in [1.29, 1.82) is 0 Å². The van der Waals surface area contributed by atoms with Gasteiger partial charge in [0.25, 0.3) is 0 Å². The van der Waals surface area contributed by atoms with Crippen molar-refractivity contribution >= 4 is 35.9 Å². The fourth-order valence-electron chi connectivity index (χ4n) is 3.01. The van der Waals surface area contributed by atoms with Gasteiger partial charge in [0.15, 0.2) is 0 Å². The van der Waals surface area contributed by atoms with Gasteiger partial charge in [-0.3, -0.25) is 9.59 Å². The van der Waals surface area contributed by atoms with Crippen LogP contribution >= 0.6 is 24.0 Å². The fourth-order valence-corrected chi connectivity index (χ4v) is 3.13. The first-order chi connectivity index (χ1) is 11.0. The van der Waals surface area contributed by atoms with Gasteiger partial charge < -0.3 is 15.8 Å². The lowest BCUT2D eigenvalue weighted by Crippen LogP contribution is -2.34. The summed E-state index contributed by atoms with van der Waals surface area (Å²) in [5, 5.41) is 3.53. The maximum Gasteiger partial charge on any atom is 0.307 e. The number of ether oxygens (including phenoxy) is 1. The Morgan fingerprint density at radius 2 is 2.00 bits per heavy atom. The van der Waals surface area contributed by atoms with E-state index in [0.717, 1.165) is 24.8 Å². The molecule has 1 aliphatic rings. The van der Waals surface area contributed by atoms with Gasteiger partial charge in [0, 0.05) is 17.5 Å². The van der Waals surface area contributed by atoms with Crippen LogP contribution in [0.15, 0.2) is 24.3 Å². The molecule has 2 rings (SSSR count). The molecule has 0 unspecified atom stereocenters. The van der Waals surface area contributed by atoms with Crippen LogP contribution in [-0.4, -0.2) is 25.0 Å². The number of nitrogens with two attached hydrogens (primary N) is 1. The van der Waals surface area contributed by atoms with E-state index in [4.69, 9.17) is 22.1 Å². The molecular formula is C17H24Cl2N2O3. The van der Waals surface area contributed by atoms with Crippen LogP contribution in [0.25, 0.3) is 0 Å². The molecule has 1 amide bonds. The van der Waals surface area contributed by atoms with Crippen molar-refractivity contribution in [3.63, 3.8) is 0 Å². The van der Waals surface area contributed by atoms with Gasteiger partial charge in [-0.2, -0.15) is 0 Å². The molecule has 134 valence electrons. The highest BCUT2D eigenvalue weighted by Gasteiger charge is 2.27. The van der Waals surface area contributed by atoms with Crippen molar-refractivity contribution in [3.05, 3.63) is 34.9 Å². The van der Waals surface area contributed by atoms with Gasteiger partial charge >= 0.3 is 5.97 Å². The number of benzene rings is 1. The Bertz CT molecular complexity index is 551. The average molecular weight is 375 g/mol. The zero-order valence-electron chi connectivity index (χ0n) is 13.7. The molecule has 5 nitrogen and oxygen atoms in total. The molecule has 0 heterocycles.